The number of Topliss-reactive ketones (excluding diaryl/α,β-unsaturated/α-hetero) is 1. The summed E-state index contributed by atoms with van der Waals surface area (Å²) in [5, 5.41) is 28.5. The molecule has 3 N–H and O–H groups in total. The lowest BCUT2D eigenvalue weighted by Crippen LogP contribution is -2.52. The molecule has 3 unspecified atom stereocenters. The molecule has 0 aliphatic carbocycles. The van der Waals surface area contributed by atoms with Crippen molar-refractivity contribution < 1.29 is 29.7 Å². The highest BCUT2D eigenvalue weighted by Crippen LogP contribution is 2.23. The van der Waals surface area contributed by atoms with Crippen LogP contribution in [0.1, 0.15) is 65.4 Å². The summed E-state index contributed by atoms with van der Waals surface area (Å²) in [7, 11) is 3.48. The largest absolute Gasteiger partial charge is 0.479 e. The van der Waals surface area contributed by atoms with Gasteiger partial charge in [0, 0.05) is 20.0 Å². The lowest BCUT2D eigenvalue weighted by Gasteiger charge is -2.36. The highest BCUT2D eigenvalue weighted by molar-refractivity contribution is 5.93. The van der Waals surface area contributed by atoms with E-state index in [1.807, 2.05) is 63.1 Å². The Morgan fingerprint density at radius 3 is 2.00 bits per heavy atom. The van der Waals surface area contributed by atoms with Gasteiger partial charge in [0.25, 0.3) is 0 Å². The first-order valence-corrected chi connectivity index (χ1v) is 12.5. The summed E-state index contributed by atoms with van der Waals surface area (Å²) in [6.07, 6.45) is -0.688. The normalized spacial score (nSPS) is 15.9. The summed E-state index contributed by atoms with van der Waals surface area (Å²) in [6, 6.07) is 8.51. The summed E-state index contributed by atoms with van der Waals surface area (Å²) < 4.78 is 0. The zero-order valence-corrected chi connectivity index (χ0v) is 22.1. The minimum Gasteiger partial charge on any atom is -0.479 e. The van der Waals surface area contributed by atoms with Crippen molar-refractivity contribution in [1.29, 1.82) is 0 Å². The number of carbonyl (C=O) groups is 3. The van der Waals surface area contributed by atoms with Crippen LogP contribution in [0.3, 0.4) is 0 Å². The van der Waals surface area contributed by atoms with Crippen LogP contribution in [0.25, 0.3) is 0 Å². The van der Waals surface area contributed by atoms with Gasteiger partial charge in [-0.3, -0.25) is 14.5 Å². The number of carboxylic acid groups (broad SMARTS) is 1. The minimum absolute atomic E-state index is 0.0152. The van der Waals surface area contributed by atoms with Gasteiger partial charge in [-0.2, -0.15) is 0 Å². The topological polar surface area (TPSA) is 118 Å². The van der Waals surface area contributed by atoms with Crippen molar-refractivity contribution in [2.24, 2.45) is 11.8 Å². The van der Waals surface area contributed by atoms with Crippen LogP contribution in [-0.4, -0.2) is 81.2 Å². The van der Waals surface area contributed by atoms with Crippen LogP contribution >= 0.6 is 0 Å². The molecular formula is C27H44N2O6. The molecule has 1 aromatic carbocycles. The summed E-state index contributed by atoms with van der Waals surface area (Å²) in [4.78, 5) is 41.4. The molecule has 0 saturated carbocycles. The third-order valence-electron chi connectivity index (χ3n) is 6.36. The number of likely N-dealkylation sites (N-methyl/N-ethyl adjacent to an activating group) is 2. The van der Waals surface area contributed by atoms with Crippen LogP contribution in [0.4, 0.5) is 0 Å². The molecule has 0 fully saturated rings. The molecule has 8 heteroatoms. The molecule has 1 rings (SSSR count). The molecule has 0 spiro atoms. The number of benzene rings is 1. The van der Waals surface area contributed by atoms with E-state index in [0.717, 1.165) is 5.56 Å². The van der Waals surface area contributed by atoms with Gasteiger partial charge >= 0.3 is 5.97 Å². The first-order chi connectivity index (χ1) is 16.3. The maximum absolute atomic E-state index is 13.7. The number of amides is 1. The molecule has 0 aliphatic heterocycles. The van der Waals surface area contributed by atoms with Crippen molar-refractivity contribution >= 4 is 17.7 Å². The van der Waals surface area contributed by atoms with Crippen LogP contribution in [0.5, 0.6) is 0 Å². The average molecular weight is 493 g/mol. The molecule has 0 aliphatic rings. The Hall–Kier alpha value is -2.29. The summed E-state index contributed by atoms with van der Waals surface area (Å²) >= 11 is 0. The molecule has 0 saturated heterocycles. The molecule has 5 atom stereocenters. The lowest BCUT2D eigenvalue weighted by molar-refractivity contribution is -0.150. The Balaban J connectivity index is 3.15. The van der Waals surface area contributed by atoms with Crippen LogP contribution in [-0.2, 0) is 20.9 Å². The maximum atomic E-state index is 13.7. The lowest BCUT2D eigenvalue weighted by atomic mass is 9.90. The highest BCUT2D eigenvalue weighted by atomic mass is 16.4. The fourth-order valence-corrected chi connectivity index (χ4v) is 4.23. The van der Waals surface area contributed by atoms with Crippen molar-refractivity contribution in [2.75, 3.05) is 14.1 Å². The van der Waals surface area contributed by atoms with Crippen molar-refractivity contribution in [3.05, 3.63) is 35.9 Å². The van der Waals surface area contributed by atoms with Gasteiger partial charge in [0.05, 0.1) is 18.2 Å². The van der Waals surface area contributed by atoms with Crippen LogP contribution in [0.15, 0.2) is 30.3 Å². The second kappa shape index (κ2) is 15.0. The highest BCUT2D eigenvalue weighted by Gasteiger charge is 2.35. The maximum Gasteiger partial charge on any atom is 0.332 e. The van der Waals surface area contributed by atoms with Gasteiger partial charge < -0.3 is 20.2 Å². The van der Waals surface area contributed by atoms with Crippen LogP contribution < -0.4 is 0 Å². The van der Waals surface area contributed by atoms with Crippen LogP contribution in [0.2, 0.25) is 0 Å². The summed E-state index contributed by atoms with van der Waals surface area (Å²) in [6.45, 7) is 8.30. The van der Waals surface area contributed by atoms with E-state index in [9.17, 15) is 24.6 Å². The number of aliphatic hydroxyl groups excluding tert-OH is 2. The standard InChI is InChI=1S/C27H44N2O6/c1-18(2)14-23(28(5)17-21-10-8-7-9-11-21)26(33)29(6)22(15-19(3)12-13-20(4)30)24(31)16-25(32)27(34)35/h7-11,18-20,22-23,25,30,32H,12-17H2,1-6H3,(H,34,35)/t19?,20?,22-,23-,25?/m0/s1. The Labute approximate surface area is 209 Å². The Bertz CT molecular complexity index is 798. The van der Waals surface area contributed by atoms with E-state index in [1.165, 1.54) is 4.90 Å². The third-order valence-corrected chi connectivity index (χ3v) is 6.36. The van der Waals surface area contributed by atoms with E-state index in [0.29, 0.717) is 32.2 Å². The van der Waals surface area contributed by atoms with Gasteiger partial charge in [-0.15, -0.1) is 0 Å². The van der Waals surface area contributed by atoms with E-state index in [2.05, 4.69) is 0 Å². The van der Waals surface area contributed by atoms with E-state index < -0.39 is 42.5 Å². The number of carboxylic acids is 1. The summed E-state index contributed by atoms with van der Waals surface area (Å²) in [5.74, 6) is -1.89. The third kappa shape index (κ3) is 10.9. The van der Waals surface area contributed by atoms with Gasteiger partial charge in [-0.25, -0.2) is 4.79 Å². The fourth-order valence-electron chi connectivity index (χ4n) is 4.23. The molecular weight excluding hydrogens is 448 g/mol. The predicted molar refractivity (Wildman–Crippen MR) is 136 cm³/mol. The Morgan fingerprint density at radius 1 is 0.886 bits per heavy atom. The number of rotatable bonds is 16. The number of nitrogens with zero attached hydrogens (tertiary/aromatic N) is 2. The van der Waals surface area contributed by atoms with Crippen LogP contribution in [0, 0.1) is 11.8 Å². The van der Waals surface area contributed by atoms with E-state index in [-0.39, 0.29) is 17.7 Å². The van der Waals surface area contributed by atoms with Gasteiger partial charge in [-0.1, -0.05) is 51.1 Å². The molecule has 0 radical (unpaired) electrons. The van der Waals surface area contributed by atoms with E-state index in [1.54, 1.807) is 14.0 Å². The zero-order valence-electron chi connectivity index (χ0n) is 22.1. The zero-order chi connectivity index (χ0) is 26.7. The number of aliphatic hydroxyl groups is 2. The molecule has 0 bridgehead atoms. The van der Waals surface area contributed by atoms with Gasteiger partial charge in [-0.05, 0) is 57.1 Å². The van der Waals surface area contributed by atoms with E-state index >= 15 is 0 Å². The molecule has 0 heterocycles. The number of hydrogen-bond acceptors (Lipinski definition) is 6. The first-order valence-electron chi connectivity index (χ1n) is 12.5. The number of hydrogen-bond donors (Lipinski definition) is 3. The molecule has 0 aromatic heterocycles. The second-order valence-corrected chi connectivity index (χ2v) is 10.3. The average Bonchev–Trinajstić information content (AvgIpc) is 2.78. The summed E-state index contributed by atoms with van der Waals surface area (Å²) in [5.41, 5.74) is 1.07. The van der Waals surface area contributed by atoms with E-state index in [4.69, 9.17) is 5.11 Å². The molecule has 1 aromatic rings. The Morgan fingerprint density at radius 2 is 1.49 bits per heavy atom. The SMILES string of the molecule is CC(C)C[C@@H](C(=O)N(C)[C@@H](CC(C)CCC(C)O)C(=O)CC(O)C(=O)O)N(C)Cc1ccccc1. The molecule has 1 amide bonds. The van der Waals surface area contributed by atoms with Crippen molar-refractivity contribution in [3.8, 4) is 0 Å². The monoisotopic (exact) mass is 492 g/mol. The molecule has 8 nitrogen and oxygen atoms in total. The fraction of sp³-hybridized carbons (Fsp3) is 0.667. The van der Waals surface area contributed by atoms with Gasteiger partial charge in [0.1, 0.15) is 0 Å². The minimum atomic E-state index is -1.81. The number of carbonyl (C=O) groups excluding carboxylic acids is 2. The first kappa shape index (κ1) is 30.7. The number of ketones is 1. The van der Waals surface area contributed by atoms with Crippen molar-refractivity contribution in [1.82, 2.24) is 9.80 Å². The van der Waals surface area contributed by atoms with Gasteiger partial charge in [0.15, 0.2) is 11.9 Å². The predicted octanol–water partition coefficient (Wildman–Crippen LogP) is 2.95. The Kier molecular flexibility index (Phi) is 13.1. The second-order valence-electron chi connectivity index (χ2n) is 10.3. The van der Waals surface area contributed by atoms with Gasteiger partial charge in [0.2, 0.25) is 5.91 Å². The molecule has 198 valence electrons. The number of aliphatic carboxylic acids is 1. The smallest absolute Gasteiger partial charge is 0.332 e. The molecule has 35 heavy (non-hydrogen) atoms. The van der Waals surface area contributed by atoms with Crippen molar-refractivity contribution in [3.63, 3.8) is 0 Å². The quantitative estimate of drug-likeness (QED) is 0.325. The van der Waals surface area contributed by atoms with Crippen molar-refractivity contribution in [2.45, 2.75) is 90.6 Å².